The predicted octanol–water partition coefficient (Wildman–Crippen LogP) is 4.70. The van der Waals surface area contributed by atoms with E-state index in [1.54, 1.807) is 0 Å². The number of benzene rings is 2. The second kappa shape index (κ2) is 4.80. The third-order valence-electron chi connectivity index (χ3n) is 2.65. The number of hydrogen-bond acceptors (Lipinski definition) is 0. The SMILES string of the molecule is C/C=C\c1ccc(-c2ccc(C)cc2)cc1. The van der Waals surface area contributed by atoms with Gasteiger partial charge in [0.15, 0.2) is 0 Å². The van der Waals surface area contributed by atoms with Gasteiger partial charge in [-0.15, -0.1) is 0 Å². The maximum absolute atomic E-state index is 2.17. The van der Waals surface area contributed by atoms with Crippen molar-refractivity contribution < 1.29 is 0 Å². The van der Waals surface area contributed by atoms with E-state index >= 15 is 0 Å². The third-order valence-corrected chi connectivity index (χ3v) is 2.65. The van der Waals surface area contributed by atoms with Crippen LogP contribution in [-0.2, 0) is 0 Å². The molecule has 0 aliphatic heterocycles. The summed E-state index contributed by atoms with van der Waals surface area (Å²) in [7, 11) is 0. The van der Waals surface area contributed by atoms with Gasteiger partial charge >= 0.3 is 0 Å². The zero-order valence-electron chi connectivity index (χ0n) is 9.77. The van der Waals surface area contributed by atoms with Gasteiger partial charge in [-0.25, -0.2) is 0 Å². The molecule has 0 unspecified atom stereocenters. The van der Waals surface area contributed by atoms with E-state index in [-0.39, 0.29) is 0 Å². The molecule has 0 heterocycles. The quantitative estimate of drug-likeness (QED) is 0.671. The van der Waals surface area contributed by atoms with Crippen molar-refractivity contribution in [3.63, 3.8) is 0 Å². The molecule has 0 saturated carbocycles. The zero-order valence-corrected chi connectivity index (χ0v) is 9.77. The number of rotatable bonds is 2. The highest BCUT2D eigenvalue weighted by atomic mass is 14.0. The Kier molecular flexibility index (Phi) is 3.21. The van der Waals surface area contributed by atoms with Crippen LogP contribution in [0.1, 0.15) is 18.1 Å². The Morgan fingerprint density at radius 1 is 0.750 bits per heavy atom. The van der Waals surface area contributed by atoms with Crippen LogP contribution >= 0.6 is 0 Å². The normalized spacial score (nSPS) is 10.9. The van der Waals surface area contributed by atoms with Crippen molar-refractivity contribution in [3.8, 4) is 11.1 Å². The lowest BCUT2D eigenvalue weighted by Gasteiger charge is -2.02. The first-order valence-electron chi connectivity index (χ1n) is 5.59. The molecular weight excluding hydrogens is 192 g/mol. The minimum atomic E-state index is 1.25. The van der Waals surface area contributed by atoms with Crippen LogP contribution in [0.3, 0.4) is 0 Å². The first-order valence-corrected chi connectivity index (χ1v) is 5.59. The smallest absolute Gasteiger partial charge is 0.0184 e. The second-order valence-corrected chi connectivity index (χ2v) is 3.99. The van der Waals surface area contributed by atoms with Crippen molar-refractivity contribution in [2.75, 3.05) is 0 Å². The number of hydrogen-bond donors (Lipinski definition) is 0. The maximum atomic E-state index is 2.17. The van der Waals surface area contributed by atoms with Crippen LogP contribution < -0.4 is 0 Å². The van der Waals surface area contributed by atoms with E-state index in [4.69, 9.17) is 0 Å². The molecular formula is C16H16. The van der Waals surface area contributed by atoms with E-state index in [1.807, 2.05) is 6.92 Å². The fourth-order valence-corrected chi connectivity index (χ4v) is 1.73. The lowest BCUT2D eigenvalue weighted by Crippen LogP contribution is -1.79. The van der Waals surface area contributed by atoms with Crippen molar-refractivity contribution in [2.45, 2.75) is 13.8 Å². The Morgan fingerprint density at radius 3 is 1.75 bits per heavy atom. The summed E-state index contributed by atoms with van der Waals surface area (Å²) in [6.45, 7) is 4.15. The fourth-order valence-electron chi connectivity index (χ4n) is 1.73. The standard InChI is InChI=1S/C16H16/c1-3-4-14-7-11-16(12-8-14)15-9-5-13(2)6-10-15/h3-12H,1-2H3/b4-3-. The molecule has 2 rings (SSSR count). The molecule has 0 amide bonds. The summed E-state index contributed by atoms with van der Waals surface area (Å²) in [5.41, 5.74) is 5.10. The summed E-state index contributed by atoms with van der Waals surface area (Å²) in [4.78, 5) is 0. The zero-order chi connectivity index (χ0) is 11.4. The highest BCUT2D eigenvalue weighted by Crippen LogP contribution is 2.20. The summed E-state index contributed by atoms with van der Waals surface area (Å²) in [5.74, 6) is 0. The summed E-state index contributed by atoms with van der Waals surface area (Å²) in [5, 5.41) is 0. The van der Waals surface area contributed by atoms with Gasteiger partial charge in [-0.2, -0.15) is 0 Å². The van der Waals surface area contributed by atoms with Gasteiger partial charge in [0.05, 0.1) is 0 Å². The largest absolute Gasteiger partial charge is 0.0871 e. The Bertz CT molecular complexity index is 472. The topological polar surface area (TPSA) is 0 Å². The highest BCUT2D eigenvalue weighted by Gasteiger charge is 1.96. The van der Waals surface area contributed by atoms with Gasteiger partial charge in [-0.3, -0.25) is 0 Å². The van der Waals surface area contributed by atoms with Crippen LogP contribution in [0.15, 0.2) is 54.6 Å². The predicted molar refractivity (Wildman–Crippen MR) is 71.3 cm³/mol. The van der Waals surface area contributed by atoms with Crippen molar-refractivity contribution in [1.82, 2.24) is 0 Å². The van der Waals surface area contributed by atoms with Crippen molar-refractivity contribution in [1.29, 1.82) is 0 Å². The van der Waals surface area contributed by atoms with E-state index in [0.29, 0.717) is 0 Å². The minimum Gasteiger partial charge on any atom is -0.0871 e. The van der Waals surface area contributed by atoms with Crippen LogP contribution in [0.2, 0.25) is 0 Å². The summed E-state index contributed by atoms with van der Waals surface area (Å²) >= 11 is 0. The molecule has 16 heavy (non-hydrogen) atoms. The molecule has 0 aromatic heterocycles. The van der Waals surface area contributed by atoms with Gasteiger partial charge in [0.25, 0.3) is 0 Å². The van der Waals surface area contributed by atoms with Crippen LogP contribution in [0.25, 0.3) is 17.2 Å². The molecule has 0 aliphatic rings. The molecule has 0 nitrogen and oxygen atoms in total. The van der Waals surface area contributed by atoms with Gasteiger partial charge in [-0.1, -0.05) is 66.2 Å². The van der Waals surface area contributed by atoms with Crippen molar-refractivity contribution in [2.24, 2.45) is 0 Å². The highest BCUT2D eigenvalue weighted by molar-refractivity contribution is 5.65. The van der Waals surface area contributed by atoms with Gasteiger partial charge in [-0.05, 0) is 30.5 Å². The van der Waals surface area contributed by atoms with E-state index < -0.39 is 0 Å². The average molecular weight is 208 g/mol. The Labute approximate surface area is 97.3 Å². The molecule has 80 valence electrons. The molecule has 0 radical (unpaired) electrons. The molecule has 0 heteroatoms. The van der Waals surface area contributed by atoms with Crippen molar-refractivity contribution in [3.05, 3.63) is 65.7 Å². The molecule has 0 N–H and O–H groups in total. The van der Waals surface area contributed by atoms with Gasteiger partial charge < -0.3 is 0 Å². The molecule has 0 fully saturated rings. The van der Waals surface area contributed by atoms with Crippen LogP contribution in [0.5, 0.6) is 0 Å². The lowest BCUT2D eigenvalue weighted by atomic mass is 10.0. The molecule has 0 saturated heterocycles. The summed E-state index contributed by atoms with van der Waals surface area (Å²) in [6.07, 6.45) is 4.17. The van der Waals surface area contributed by atoms with Gasteiger partial charge in [0, 0.05) is 0 Å². The Hall–Kier alpha value is -1.82. The molecule has 0 spiro atoms. The number of aryl methyl sites for hydroxylation is 1. The van der Waals surface area contributed by atoms with Crippen LogP contribution in [-0.4, -0.2) is 0 Å². The molecule has 2 aromatic carbocycles. The first-order chi connectivity index (χ1) is 7.79. The first kappa shape index (κ1) is 10.7. The fraction of sp³-hybridized carbons (Fsp3) is 0.125. The van der Waals surface area contributed by atoms with Gasteiger partial charge in [0.1, 0.15) is 0 Å². The molecule has 2 aromatic rings. The van der Waals surface area contributed by atoms with E-state index in [0.717, 1.165) is 0 Å². The van der Waals surface area contributed by atoms with Crippen LogP contribution in [0.4, 0.5) is 0 Å². The minimum absolute atomic E-state index is 1.25. The Balaban J connectivity index is 2.31. The summed E-state index contributed by atoms with van der Waals surface area (Å²) in [6, 6.07) is 17.3. The molecule has 0 atom stereocenters. The monoisotopic (exact) mass is 208 g/mol. The van der Waals surface area contributed by atoms with Crippen LogP contribution in [0, 0.1) is 6.92 Å². The van der Waals surface area contributed by atoms with E-state index in [9.17, 15) is 0 Å². The Morgan fingerprint density at radius 2 is 1.25 bits per heavy atom. The van der Waals surface area contributed by atoms with E-state index in [2.05, 4.69) is 67.6 Å². The maximum Gasteiger partial charge on any atom is -0.0184 e. The van der Waals surface area contributed by atoms with E-state index in [1.165, 1.54) is 22.3 Å². The molecule has 0 bridgehead atoms. The third kappa shape index (κ3) is 2.40. The van der Waals surface area contributed by atoms with Crippen molar-refractivity contribution >= 4 is 6.08 Å². The second-order valence-electron chi connectivity index (χ2n) is 3.99. The van der Waals surface area contributed by atoms with Gasteiger partial charge in [0.2, 0.25) is 0 Å². The average Bonchev–Trinajstić information content (AvgIpc) is 2.32. The molecule has 0 aliphatic carbocycles. The lowest BCUT2D eigenvalue weighted by molar-refractivity contribution is 1.47. The summed E-state index contributed by atoms with van der Waals surface area (Å²) < 4.78 is 0. The number of allylic oxidation sites excluding steroid dienone is 1.